The third-order valence-corrected chi connectivity index (χ3v) is 3.97. The minimum atomic E-state index is -0.349. The molecular formula is C13H15Cl2NO3. The number of aliphatic hydroxyl groups excluding tert-OH is 1. The van der Waals surface area contributed by atoms with Crippen molar-refractivity contribution in [2.24, 2.45) is 0 Å². The van der Waals surface area contributed by atoms with Gasteiger partial charge in [0.15, 0.2) is 0 Å². The fraction of sp³-hybridized carbons (Fsp3) is 0.462. The van der Waals surface area contributed by atoms with Crippen LogP contribution in [-0.4, -0.2) is 47.8 Å². The molecule has 1 saturated heterocycles. The summed E-state index contributed by atoms with van der Waals surface area (Å²) in [4.78, 5) is 14.1. The second kappa shape index (κ2) is 6.09. The zero-order chi connectivity index (χ0) is 14.0. The van der Waals surface area contributed by atoms with Crippen LogP contribution in [0.3, 0.4) is 0 Å². The first-order chi connectivity index (χ1) is 9.04. The molecule has 1 aliphatic heterocycles. The molecule has 1 aliphatic rings. The molecule has 1 aromatic carbocycles. The Balaban J connectivity index is 2.24. The number of carbonyl (C=O) groups is 1. The molecule has 6 heteroatoms. The maximum Gasteiger partial charge on any atom is 0.255 e. The van der Waals surface area contributed by atoms with Crippen molar-refractivity contribution >= 4 is 29.1 Å². The first kappa shape index (κ1) is 14.6. The molecule has 2 atom stereocenters. The number of amides is 1. The van der Waals surface area contributed by atoms with E-state index in [0.29, 0.717) is 23.7 Å². The molecule has 0 aliphatic carbocycles. The Labute approximate surface area is 121 Å². The smallest absolute Gasteiger partial charge is 0.255 e. The quantitative estimate of drug-likeness (QED) is 0.911. The van der Waals surface area contributed by atoms with Crippen LogP contribution in [0.1, 0.15) is 17.3 Å². The summed E-state index contributed by atoms with van der Waals surface area (Å²) in [5.41, 5.74) is 0.375. The van der Waals surface area contributed by atoms with Crippen molar-refractivity contribution in [3.63, 3.8) is 0 Å². The first-order valence-corrected chi connectivity index (χ1v) is 6.77. The van der Waals surface area contributed by atoms with Crippen molar-refractivity contribution in [2.45, 2.75) is 19.1 Å². The Kier molecular flexibility index (Phi) is 4.68. The van der Waals surface area contributed by atoms with E-state index in [0.717, 1.165) is 0 Å². The first-order valence-electron chi connectivity index (χ1n) is 6.02. The van der Waals surface area contributed by atoms with Crippen LogP contribution >= 0.6 is 23.2 Å². The van der Waals surface area contributed by atoms with Crippen LogP contribution < -0.4 is 0 Å². The van der Waals surface area contributed by atoms with E-state index in [4.69, 9.17) is 33.0 Å². The van der Waals surface area contributed by atoms with Crippen LogP contribution in [0.2, 0.25) is 10.0 Å². The predicted octanol–water partition coefficient (Wildman–Crippen LogP) is 2.22. The molecule has 104 valence electrons. The van der Waals surface area contributed by atoms with Crippen molar-refractivity contribution in [1.82, 2.24) is 4.90 Å². The van der Waals surface area contributed by atoms with Gasteiger partial charge in [0.25, 0.3) is 5.91 Å². The van der Waals surface area contributed by atoms with E-state index in [1.807, 2.05) is 6.92 Å². The van der Waals surface area contributed by atoms with Gasteiger partial charge in [0.1, 0.15) is 0 Å². The fourth-order valence-corrected chi connectivity index (χ4v) is 2.42. The number of rotatable bonds is 2. The zero-order valence-electron chi connectivity index (χ0n) is 10.5. The van der Waals surface area contributed by atoms with Crippen molar-refractivity contribution in [2.75, 3.05) is 19.8 Å². The van der Waals surface area contributed by atoms with Gasteiger partial charge in [0, 0.05) is 6.54 Å². The Morgan fingerprint density at radius 3 is 2.95 bits per heavy atom. The molecule has 0 bridgehead atoms. The van der Waals surface area contributed by atoms with Crippen molar-refractivity contribution in [1.29, 1.82) is 0 Å². The molecule has 1 amide bonds. The maximum atomic E-state index is 12.5. The molecule has 1 aromatic rings. The van der Waals surface area contributed by atoms with Crippen LogP contribution in [0.25, 0.3) is 0 Å². The van der Waals surface area contributed by atoms with Crippen molar-refractivity contribution < 1.29 is 14.6 Å². The Hall–Kier alpha value is -0.810. The number of morpholine rings is 1. The van der Waals surface area contributed by atoms with Gasteiger partial charge in [-0.25, -0.2) is 0 Å². The Morgan fingerprint density at radius 1 is 1.53 bits per heavy atom. The highest BCUT2D eigenvalue weighted by molar-refractivity contribution is 6.43. The van der Waals surface area contributed by atoms with Gasteiger partial charge < -0.3 is 14.7 Å². The van der Waals surface area contributed by atoms with Crippen LogP contribution in [0.4, 0.5) is 0 Å². The second-order valence-electron chi connectivity index (χ2n) is 4.55. The van der Waals surface area contributed by atoms with Crippen LogP contribution in [-0.2, 0) is 4.74 Å². The normalized spacial score (nSPS) is 23.5. The Bertz CT molecular complexity index is 481. The highest BCUT2D eigenvalue weighted by Gasteiger charge is 2.31. The van der Waals surface area contributed by atoms with E-state index in [-0.39, 0.29) is 29.7 Å². The van der Waals surface area contributed by atoms with Gasteiger partial charge in [-0.2, -0.15) is 0 Å². The molecule has 2 unspecified atom stereocenters. The Morgan fingerprint density at radius 2 is 2.26 bits per heavy atom. The summed E-state index contributed by atoms with van der Waals surface area (Å²) < 4.78 is 5.41. The number of ether oxygens (including phenoxy) is 1. The number of carbonyl (C=O) groups excluding carboxylic acids is 1. The number of hydrogen-bond acceptors (Lipinski definition) is 3. The number of halogens is 2. The van der Waals surface area contributed by atoms with E-state index in [2.05, 4.69) is 0 Å². The van der Waals surface area contributed by atoms with Gasteiger partial charge in [-0.15, -0.1) is 0 Å². The highest BCUT2D eigenvalue weighted by atomic mass is 35.5. The standard InChI is InChI=1S/C13H15Cl2NO3/c1-8-7-19-9(6-17)5-16(8)13(18)10-3-2-4-11(14)12(10)15/h2-4,8-9,17H,5-7H2,1H3. The van der Waals surface area contributed by atoms with Gasteiger partial charge in [0.2, 0.25) is 0 Å². The van der Waals surface area contributed by atoms with Crippen molar-refractivity contribution in [3.8, 4) is 0 Å². The predicted molar refractivity (Wildman–Crippen MR) is 73.8 cm³/mol. The summed E-state index contributed by atoms with van der Waals surface area (Å²) in [7, 11) is 0. The van der Waals surface area contributed by atoms with Gasteiger partial charge in [-0.3, -0.25) is 4.79 Å². The van der Waals surface area contributed by atoms with Crippen LogP contribution in [0, 0.1) is 0 Å². The molecule has 0 spiro atoms. The van der Waals surface area contributed by atoms with Crippen LogP contribution in [0.15, 0.2) is 18.2 Å². The van der Waals surface area contributed by atoms with Gasteiger partial charge in [-0.05, 0) is 19.1 Å². The molecule has 2 rings (SSSR count). The van der Waals surface area contributed by atoms with E-state index >= 15 is 0 Å². The lowest BCUT2D eigenvalue weighted by Gasteiger charge is -2.37. The second-order valence-corrected chi connectivity index (χ2v) is 5.33. The SMILES string of the molecule is CC1COC(CO)CN1C(=O)c1cccc(Cl)c1Cl. The van der Waals surface area contributed by atoms with Crippen molar-refractivity contribution in [3.05, 3.63) is 33.8 Å². The van der Waals surface area contributed by atoms with Gasteiger partial charge in [-0.1, -0.05) is 29.3 Å². The molecule has 0 aromatic heterocycles. The van der Waals surface area contributed by atoms with Crippen LogP contribution in [0.5, 0.6) is 0 Å². The molecule has 4 nitrogen and oxygen atoms in total. The average Bonchev–Trinajstić information content (AvgIpc) is 2.42. The third kappa shape index (κ3) is 3.03. The lowest BCUT2D eigenvalue weighted by Crippen LogP contribution is -2.52. The van der Waals surface area contributed by atoms with E-state index in [9.17, 15) is 4.79 Å². The molecule has 0 radical (unpaired) electrons. The highest BCUT2D eigenvalue weighted by Crippen LogP contribution is 2.27. The zero-order valence-corrected chi connectivity index (χ0v) is 12.0. The molecule has 1 N–H and O–H groups in total. The number of benzene rings is 1. The molecule has 0 saturated carbocycles. The summed E-state index contributed by atoms with van der Waals surface area (Å²) in [6, 6.07) is 4.91. The summed E-state index contributed by atoms with van der Waals surface area (Å²) >= 11 is 12.0. The van der Waals surface area contributed by atoms with Gasteiger partial charge >= 0.3 is 0 Å². The summed E-state index contributed by atoms with van der Waals surface area (Å²) in [6.45, 7) is 2.53. The average molecular weight is 304 g/mol. The van der Waals surface area contributed by atoms with E-state index in [1.54, 1.807) is 23.1 Å². The summed E-state index contributed by atoms with van der Waals surface area (Å²) in [5, 5.41) is 9.75. The lowest BCUT2D eigenvalue weighted by atomic mass is 10.1. The maximum absolute atomic E-state index is 12.5. The molecular weight excluding hydrogens is 289 g/mol. The minimum Gasteiger partial charge on any atom is -0.394 e. The monoisotopic (exact) mass is 303 g/mol. The number of nitrogens with zero attached hydrogens (tertiary/aromatic N) is 1. The molecule has 19 heavy (non-hydrogen) atoms. The molecule has 1 heterocycles. The van der Waals surface area contributed by atoms with E-state index in [1.165, 1.54) is 0 Å². The molecule has 1 fully saturated rings. The topological polar surface area (TPSA) is 49.8 Å². The largest absolute Gasteiger partial charge is 0.394 e. The third-order valence-electron chi connectivity index (χ3n) is 3.15. The van der Waals surface area contributed by atoms with Gasteiger partial charge in [0.05, 0.1) is 41.0 Å². The number of aliphatic hydroxyl groups is 1. The fourth-order valence-electron chi connectivity index (χ4n) is 2.03. The summed E-state index contributed by atoms with van der Waals surface area (Å²) in [5.74, 6) is -0.193. The lowest BCUT2D eigenvalue weighted by molar-refractivity contribution is -0.0667. The van der Waals surface area contributed by atoms with E-state index < -0.39 is 0 Å². The summed E-state index contributed by atoms with van der Waals surface area (Å²) in [6.07, 6.45) is -0.349. The number of hydrogen-bond donors (Lipinski definition) is 1. The minimum absolute atomic E-state index is 0.0645.